The predicted molar refractivity (Wildman–Crippen MR) is 53.1 cm³/mol. The molecule has 0 aliphatic carbocycles. The molecule has 0 aliphatic rings. The van der Waals surface area contributed by atoms with Gasteiger partial charge < -0.3 is 0 Å². The second kappa shape index (κ2) is 3.87. The van der Waals surface area contributed by atoms with Crippen LogP contribution in [-0.4, -0.2) is 5.78 Å². The van der Waals surface area contributed by atoms with Crippen molar-refractivity contribution in [1.29, 1.82) is 0 Å². The van der Waals surface area contributed by atoms with Crippen molar-refractivity contribution in [3.63, 3.8) is 0 Å². The molecule has 1 aromatic rings. The monoisotopic (exact) mass is 200 g/mol. The van der Waals surface area contributed by atoms with Gasteiger partial charge in [-0.1, -0.05) is 23.8 Å². The molecule has 64 valence electrons. The SMILES string of the molecule is C=C(C)CC(=O)c1sccc1Cl. The maximum absolute atomic E-state index is 11.4. The van der Waals surface area contributed by atoms with Crippen molar-refractivity contribution < 1.29 is 4.79 Å². The highest BCUT2D eigenvalue weighted by molar-refractivity contribution is 7.12. The fourth-order valence-corrected chi connectivity index (χ4v) is 1.95. The number of halogens is 1. The largest absolute Gasteiger partial charge is 0.293 e. The standard InChI is InChI=1S/C9H9ClOS/c1-6(2)5-8(11)9-7(10)3-4-12-9/h3-4H,1,5H2,2H3. The van der Waals surface area contributed by atoms with Gasteiger partial charge in [-0.3, -0.25) is 4.79 Å². The number of Topliss-reactive ketones (excluding diaryl/α,β-unsaturated/α-hetero) is 1. The quantitative estimate of drug-likeness (QED) is 0.539. The summed E-state index contributed by atoms with van der Waals surface area (Å²) in [5.74, 6) is 0.0579. The van der Waals surface area contributed by atoms with E-state index in [0.29, 0.717) is 16.3 Å². The molecule has 0 fully saturated rings. The number of rotatable bonds is 3. The summed E-state index contributed by atoms with van der Waals surface area (Å²) < 4.78 is 0. The molecule has 0 bridgehead atoms. The maximum Gasteiger partial charge on any atom is 0.178 e. The van der Waals surface area contributed by atoms with Crippen LogP contribution in [0.1, 0.15) is 23.0 Å². The molecule has 1 heterocycles. The molecule has 0 spiro atoms. The number of carbonyl (C=O) groups is 1. The van der Waals surface area contributed by atoms with E-state index >= 15 is 0 Å². The minimum Gasteiger partial charge on any atom is -0.293 e. The first-order valence-electron chi connectivity index (χ1n) is 3.52. The normalized spacial score (nSPS) is 9.83. The summed E-state index contributed by atoms with van der Waals surface area (Å²) >= 11 is 7.16. The lowest BCUT2D eigenvalue weighted by molar-refractivity contribution is 0.0997. The Labute approximate surface area is 80.7 Å². The van der Waals surface area contributed by atoms with Gasteiger partial charge in [-0.05, 0) is 18.4 Å². The van der Waals surface area contributed by atoms with E-state index in [-0.39, 0.29) is 5.78 Å². The summed E-state index contributed by atoms with van der Waals surface area (Å²) in [6.45, 7) is 5.51. The topological polar surface area (TPSA) is 17.1 Å². The van der Waals surface area contributed by atoms with Crippen LogP contribution in [0, 0.1) is 0 Å². The Morgan fingerprint density at radius 3 is 2.83 bits per heavy atom. The van der Waals surface area contributed by atoms with E-state index in [1.807, 2.05) is 12.3 Å². The first-order chi connectivity index (χ1) is 5.61. The molecule has 0 unspecified atom stereocenters. The molecular weight excluding hydrogens is 192 g/mol. The molecule has 0 radical (unpaired) electrons. The zero-order chi connectivity index (χ0) is 9.14. The molecular formula is C9H9ClOS. The lowest BCUT2D eigenvalue weighted by Gasteiger charge is -1.96. The number of carbonyl (C=O) groups excluding carboxylic acids is 1. The first-order valence-corrected chi connectivity index (χ1v) is 4.77. The predicted octanol–water partition coefficient (Wildman–Crippen LogP) is 3.55. The number of hydrogen-bond donors (Lipinski definition) is 0. The molecule has 12 heavy (non-hydrogen) atoms. The van der Waals surface area contributed by atoms with Gasteiger partial charge in [-0.25, -0.2) is 0 Å². The maximum atomic E-state index is 11.4. The smallest absolute Gasteiger partial charge is 0.178 e. The van der Waals surface area contributed by atoms with E-state index in [0.717, 1.165) is 5.57 Å². The molecule has 1 rings (SSSR count). The molecule has 0 saturated heterocycles. The van der Waals surface area contributed by atoms with Crippen LogP contribution in [-0.2, 0) is 0 Å². The van der Waals surface area contributed by atoms with Crippen LogP contribution >= 0.6 is 22.9 Å². The Bertz CT molecular complexity index is 314. The van der Waals surface area contributed by atoms with Crippen LogP contribution < -0.4 is 0 Å². The summed E-state index contributed by atoms with van der Waals surface area (Å²) in [6, 6.07) is 1.73. The van der Waals surface area contributed by atoms with Gasteiger partial charge in [0.05, 0.1) is 9.90 Å². The van der Waals surface area contributed by atoms with E-state index < -0.39 is 0 Å². The molecule has 0 aliphatic heterocycles. The van der Waals surface area contributed by atoms with Crippen LogP contribution in [0.25, 0.3) is 0 Å². The molecule has 1 aromatic heterocycles. The molecule has 0 saturated carbocycles. The highest BCUT2D eigenvalue weighted by Gasteiger charge is 2.10. The van der Waals surface area contributed by atoms with Crippen molar-refractivity contribution in [2.45, 2.75) is 13.3 Å². The molecule has 1 nitrogen and oxygen atoms in total. The fourth-order valence-electron chi connectivity index (χ4n) is 0.847. The van der Waals surface area contributed by atoms with E-state index in [4.69, 9.17) is 11.6 Å². The average molecular weight is 201 g/mol. The minimum absolute atomic E-state index is 0.0579. The Hall–Kier alpha value is -0.600. The Balaban J connectivity index is 2.78. The van der Waals surface area contributed by atoms with Gasteiger partial charge in [-0.15, -0.1) is 11.3 Å². The second-order valence-electron chi connectivity index (χ2n) is 2.65. The van der Waals surface area contributed by atoms with Crippen molar-refractivity contribution in [2.24, 2.45) is 0 Å². The molecule has 0 N–H and O–H groups in total. The van der Waals surface area contributed by atoms with Crippen LogP contribution in [0.2, 0.25) is 5.02 Å². The number of ketones is 1. The molecule has 0 atom stereocenters. The summed E-state index contributed by atoms with van der Waals surface area (Å²) in [5.41, 5.74) is 0.865. The molecule has 3 heteroatoms. The molecule has 0 amide bonds. The van der Waals surface area contributed by atoms with E-state index in [1.54, 1.807) is 6.07 Å². The third-order valence-corrected chi connectivity index (χ3v) is 2.72. The number of thiophene rings is 1. The summed E-state index contributed by atoms with van der Waals surface area (Å²) in [6.07, 6.45) is 0.389. The highest BCUT2D eigenvalue weighted by atomic mass is 35.5. The van der Waals surface area contributed by atoms with Gasteiger partial charge in [0.25, 0.3) is 0 Å². The van der Waals surface area contributed by atoms with Crippen molar-refractivity contribution >= 4 is 28.7 Å². The van der Waals surface area contributed by atoms with Crippen LogP contribution in [0.4, 0.5) is 0 Å². The lowest BCUT2D eigenvalue weighted by Crippen LogP contribution is -1.96. The minimum atomic E-state index is 0.0579. The Morgan fingerprint density at radius 2 is 2.42 bits per heavy atom. The lowest BCUT2D eigenvalue weighted by atomic mass is 10.1. The zero-order valence-electron chi connectivity index (χ0n) is 6.76. The van der Waals surface area contributed by atoms with Gasteiger partial charge >= 0.3 is 0 Å². The first kappa shape index (κ1) is 9.49. The van der Waals surface area contributed by atoms with E-state index in [9.17, 15) is 4.79 Å². The van der Waals surface area contributed by atoms with Crippen LogP contribution in [0.15, 0.2) is 23.6 Å². The van der Waals surface area contributed by atoms with Gasteiger partial charge in [-0.2, -0.15) is 0 Å². The number of hydrogen-bond acceptors (Lipinski definition) is 2. The fraction of sp³-hybridized carbons (Fsp3) is 0.222. The van der Waals surface area contributed by atoms with Crippen LogP contribution in [0.5, 0.6) is 0 Å². The summed E-state index contributed by atoms with van der Waals surface area (Å²) in [5, 5.41) is 2.36. The van der Waals surface area contributed by atoms with Crippen molar-refractivity contribution in [3.05, 3.63) is 33.5 Å². The Kier molecular flexibility index (Phi) is 3.06. The third kappa shape index (κ3) is 2.19. The average Bonchev–Trinajstić information content (AvgIpc) is 2.33. The van der Waals surface area contributed by atoms with Crippen molar-refractivity contribution in [2.75, 3.05) is 0 Å². The van der Waals surface area contributed by atoms with Gasteiger partial charge in [0.1, 0.15) is 0 Å². The van der Waals surface area contributed by atoms with E-state index in [1.165, 1.54) is 11.3 Å². The van der Waals surface area contributed by atoms with E-state index in [2.05, 4.69) is 6.58 Å². The number of allylic oxidation sites excluding steroid dienone is 1. The van der Waals surface area contributed by atoms with Crippen molar-refractivity contribution in [3.8, 4) is 0 Å². The van der Waals surface area contributed by atoms with Gasteiger partial charge in [0.15, 0.2) is 5.78 Å². The third-order valence-electron chi connectivity index (χ3n) is 1.33. The van der Waals surface area contributed by atoms with Gasteiger partial charge in [0.2, 0.25) is 0 Å². The zero-order valence-corrected chi connectivity index (χ0v) is 8.34. The van der Waals surface area contributed by atoms with Crippen LogP contribution in [0.3, 0.4) is 0 Å². The second-order valence-corrected chi connectivity index (χ2v) is 3.98. The summed E-state index contributed by atoms with van der Waals surface area (Å²) in [4.78, 5) is 12.0. The summed E-state index contributed by atoms with van der Waals surface area (Å²) in [7, 11) is 0. The molecule has 0 aromatic carbocycles. The Morgan fingerprint density at radius 1 is 1.75 bits per heavy atom. The van der Waals surface area contributed by atoms with Crippen molar-refractivity contribution in [1.82, 2.24) is 0 Å². The van der Waals surface area contributed by atoms with Gasteiger partial charge in [0, 0.05) is 6.42 Å². The highest BCUT2D eigenvalue weighted by Crippen LogP contribution is 2.24.